The lowest BCUT2D eigenvalue weighted by Crippen LogP contribution is -2.21. The molecule has 0 bridgehead atoms. The van der Waals surface area contributed by atoms with E-state index in [0.717, 1.165) is 42.5 Å². The molecule has 0 aliphatic rings. The van der Waals surface area contributed by atoms with E-state index in [0.29, 0.717) is 6.07 Å². The summed E-state index contributed by atoms with van der Waals surface area (Å²) in [7, 11) is -4.21. The number of hydrogen-bond donors (Lipinski definition) is 2. The van der Waals surface area contributed by atoms with Crippen molar-refractivity contribution in [2.24, 2.45) is 0 Å². The van der Waals surface area contributed by atoms with Gasteiger partial charge in [-0.3, -0.25) is 9.52 Å². The molecule has 2 N–H and O–H groups in total. The summed E-state index contributed by atoms with van der Waals surface area (Å²) < 4.78 is 97.6. The third-order valence-electron chi connectivity index (χ3n) is 4.17. The molecule has 174 valence electrons. The van der Waals surface area contributed by atoms with Crippen molar-refractivity contribution >= 4 is 27.3 Å². The van der Waals surface area contributed by atoms with Crippen LogP contribution in [-0.4, -0.2) is 20.9 Å². The van der Waals surface area contributed by atoms with Crippen LogP contribution in [-0.2, 0) is 21.0 Å². The molecule has 0 saturated carbocycles. The molecule has 12 heteroatoms. The monoisotopic (exact) mass is 486 g/mol. The van der Waals surface area contributed by atoms with Crippen LogP contribution in [0, 0.1) is 11.6 Å². The van der Waals surface area contributed by atoms with Gasteiger partial charge in [-0.15, -0.1) is 0 Å². The van der Waals surface area contributed by atoms with Gasteiger partial charge in [-0.05, 0) is 54.6 Å². The minimum absolute atomic E-state index is 0.0668. The van der Waals surface area contributed by atoms with Crippen molar-refractivity contribution in [1.29, 1.82) is 0 Å². The van der Waals surface area contributed by atoms with Gasteiger partial charge in [0.25, 0.3) is 15.9 Å². The summed E-state index contributed by atoms with van der Waals surface area (Å²) in [6.07, 6.45) is -4.63. The molecule has 0 atom stereocenters. The maximum absolute atomic E-state index is 13.6. The standard InChI is InChI=1S/C21H15F5N2O4S/c22-17-5-2-6-18(23)20(17)27-19(29)12-32-15-7-9-16(10-8-15)33(30,31)28-14-4-1-3-13(11-14)21(24,25)26/h1-11,28H,12H2,(H,27,29). The predicted molar refractivity (Wildman–Crippen MR) is 109 cm³/mol. The lowest BCUT2D eigenvalue weighted by Gasteiger charge is -2.12. The fourth-order valence-electron chi connectivity index (χ4n) is 2.63. The highest BCUT2D eigenvalue weighted by molar-refractivity contribution is 7.92. The van der Waals surface area contributed by atoms with Crippen molar-refractivity contribution < 1.29 is 39.9 Å². The lowest BCUT2D eigenvalue weighted by atomic mass is 10.2. The maximum Gasteiger partial charge on any atom is 0.416 e. The summed E-state index contributed by atoms with van der Waals surface area (Å²) in [6, 6.07) is 11.4. The van der Waals surface area contributed by atoms with E-state index in [2.05, 4.69) is 4.72 Å². The number of amides is 1. The first-order chi connectivity index (χ1) is 15.5. The average molecular weight is 486 g/mol. The number of para-hydroxylation sites is 1. The SMILES string of the molecule is O=C(COc1ccc(S(=O)(=O)Nc2cccc(C(F)(F)F)c2)cc1)Nc1c(F)cccc1F. The molecule has 0 saturated heterocycles. The van der Waals surface area contributed by atoms with Crippen LogP contribution in [0.2, 0.25) is 0 Å². The Kier molecular flexibility index (Phi) is 6.86. The second-order valence-electron chi connectivity index (χ2n) is 6.59. The summed E-state index contributed by atoms with van der Waals surface area (Å²) in [6.45, 7) is -0.623. The third-order valence-corrected chi connectivity index (χ3v) is 5.57. The van der Waals surface area contributed by atoms with E-state index in [9.17, 15) is 35.2 Å². The Morgan fingerprint density at radius 2 is 1.52 bits per heavy atom. The van der Waals surface area contributed by atoms with Crippen LogP contribution in [0.3, 0.4) is 0 Å². The van der Waals surface area contributed by atoms with Gasteiger partial charge in [0.1, 0.15) is 23.1 Å². The van der Waals surface area contributed by atoms with Crippen molar-refractivity contribution in [2.45, 2.75) is 11.1 Å². The summed E-state index contributed by atoms with van der Waals surface area (Å²) in [5, 5.41) is 2.03. The Hall–Kier alpha value is -3.67. The van der Waals surface area contributed by atoms with Crippen molar-refractivity contribution in [3.63, 3.8) is 0 Å². The quantitative estimate of drug-likeness (QED) is 0.470. The summed E-state index contributed by atoms with van der Waals surface area (Å²) >= 11 is 0. The maximum atomic E-state index is 13.6. The zero-order valence-corrected chi connectivity index (χ0v) is 17.3. The molecule has 0 unspecified atom stereocenters. The third kappa shape index (κ3) is 6.19. The number of hydrogen-bond acceptors (Lipinski definition) is 4. The van der Waals surface area contributed by atoms with E-state index in [-0.39, 0.29) is 16.3 Å². The van der Waals surface area contributed by atoms with Gasteiger partial charge < -0.3 is 10.1 Å². The number of anilines is 2. The minimum Gasteiger partial charge on any atom is -0.484 e. The van der Waals surface area contributed by atoms with Crippen molar-refractivity contribution in [3.8, 4) is 5.75 Å². The second kappa shape index (κ2) is 9.45. The first kappa shape index (κ1) is 24.0. The molecule has 0 aliphatic carbocycles. The second-order valence-corrected chi connectivity index (χ2v) is 8.27. The van der Waals surface area contributed by atoms with E-state index in [1.807, 2.05) is 5.32 Å². The predicted octanol–water partition coefficient (Wildman–Crippen LogP) is 4.80. The molecule has 33 heavy (non-hydrogen) atoms. The Bertz CT molecular complexity index is 1240. The van der Waals surface area contributed by atoms with Crippen LogP contribution in [0.15, 0.2) is 71.6 Å². The number of ether oxygens (including phenoxy) is 1. The number of carbonyl (C=O) groups excluding carboxylic acids is 1. The van der Waals surface area contributed by atoms with E-state index >= 15 is 0 Å². The Labute approximate surface area is 185 Å². The molecule has 1 amide bonds. The summed E-state index contributed by atoms with van der Waals surface area (Å²) in [5.41, 5.74) is -1.92. The van der Waals surface area contributed by atoms with Crippen LogP contribution in [0.5, 0.6) is 5.75 Å². The summed E-state index contributed by atoms with van der Waals surface area (Å²) in [5.74, 6) is -2.73. The van der Waals surface area contributed by atoms with Crippen LogP contribution in [0.4, 0.5) is 33.3 Å². The number of alkyl halides is 3. The van der Waals surface area contributed by atoms with Gasteiger partial charge in [0, 0.05) is 5.69 Å². The van der Waals surface area contributed by atoms with Gasteiger partial charge in [0.15, 0.2) is 6.61 Å². The number of carbonyl (C=O) groups is 1. The van der Waals surface area contributed by atoms with E-state index in [4.69, 9.17) is 4.74 Å². The zero-order valence-electron chi connectivity index (χ0n) is 16.5. The van der Waals surface area contributed by atoms with Crippen molar-refractivity contribution in [1.82, 2.24) is 0 Å². The molecule has 0 aliphatic heterocycles. The van der Waals surface area contributed by atoms with Crippen LogP contribution in [0.1, 0.15) is 5.56 Å². The molecular formula is C21H15F5N2O4S. The number of halogens is 5. The van der Waals surface area contributed by atoms with Crippen molar-refractivity contribution in [3.05, 3.63) is 83.9 Å². The van der Waals surface area contributed by atoms with Gasteiger partial charge in [-0.1, -0.05) is 12.1 Å². The Morgan fingerprint density at radius 1 is 0.909 bits per heavy atom. The normalized spacial score (nSPS) is 11.7. The van der Waals surface area contributed by atoms with E-state index < -0.39 is 51.6 Å². The van der Waals surface area contributed by atoms with Crippen LogP contribution in [0.25, 0.3) is 0 Å². The number of rotatable bonds is 7. The van der Waals surface area contributed by atoms with E-state index in [1.165, 1.54) is 18.2 Å². The topological polar surface area (TPSA) is 84.5 Å². The number of benzene rings is 3. The van der Waals surface area contributed by atoms with E-state index in [1.54, 1.807) is 0 Å². The fraction of sp³-hybridized carbons (Fsp3) is 0.0952. The molecule has 0 fully saturated rings. The highest BCUT2D eigenvalue weighted by Crippen LogP contribution is 2.31. The van der Waals surface area contributed by atoms with Gasteiger partial charge in [-0.25, -0.2) is 17.2 Å². The Morgan fingerprint density at radius 3 is 2.12 bits per heavy atom. The minimum atomic E-state index is -4.63. The molecule has 0 radical (unpaired) electrons. The zero-order chi connectivity index (χ0) is 24.2. The van der Waals surface area contributed by atoms with Gasteiger partial charge in [-0.2, -0.15) is 13.2 Å². The number of nitrogens with one attached hydrogen (secondary N) is 2. The first-order valence-corrected chi connectivity index (χ1v) is 10.6. The van der Waals surface area contributed by atoms with Gasteiger partial charge in [0.05, 0.1) is 10.5 Å². The molecule has 3 aromatic carbocycles. The van der Waals surface area contributed by atoms with Crippen LogP contribution >= 0.6 is 0 Å². The molecule has 0 heterocycles. The molecule has 3 rings (SSSR count). The number of sulfonamides is 1. The van der Waals surface area contributed by atoms with Gasteiger partial charge >= 0.3 is 6.18 Å². The largest absolute Gasteiger partial charge is 0.484 e. The smallest absolute Gasteiger partial charge is 0.416 e. The fourth-order valence-corrected chi connectivity index (χ4v) is 3.68. The van der Waals surface area contributed by atoms with Gasteiger partial charge in [0.2, 0.25) is 0 Å². The lowest BCUT2D eigenvalue weighted by molar-refractivity contribution is -0.137. The highest BCUT2D eigenvalue weighted by atomic mass is 32.2. The Balaban J connectivity index is 1.63. The molecule has 6 nitrogen and oxygen atoms in total. The molecule has 3 aromatic rings. The molecule has 0 aromatic heterocycles. The van der Waals surface area contributed by atoms with Crippen molar-refractivity contribution in [2.75, 3.05) is 16.6 Å². The highest BCUT2D eigenvalue weighted by Gasteiger charge is 2.30. The summed E-state index contributed by atoms with van der Waals surface area (Å²) in [4.78, 5) is 11.6. The molecular weight excluding hydrogens is 471 g/mol. The first-order valence-electron chi connectivity index (χ1n) is 9.12. The molecule has 0 spiro atoms. The van der Waals surface area contributed by atoms with Crippen LogP contribution < -0.4 is 14.8 Å². The average Bonchev–Trinajstić information content (AvgIpc) is 2.74.